The Balaban J connectivity index is 1.73. The number of benzene rings is 2. The molecule has 0 fully saturated rings. The van der Waals surface area contributed by atoms with Crippen molar-refractivity contribution in [3.8, 4) is 17.2 Å². The molecule has 0 unspecified atom stereocenters. The minimum Gasteiger partial charge on any atom is -0.494 e. The molecule has 34 heavy (non-hydrogen) atoms. The highest BCUT2D eigenvalue weighted by atomic mass is 35.5. The van der Waals surface area contributed by atoms with E-state index in [1.807, 2.05) is 52.0 Å². The molecular weight excluding hydrogens is 520 g/mol. The molecule has 0 spiro atoms. The van der Waals surface area contributed by atoms with Gasteiger partial charge < -0.3 is 19.0 Å². The minimum absolute atomic E-state index is 0.129. The molecule has 0 radical (unpaired) electrons. The zero-order valence-electron chi connectivity index (χ0n) is 19.7. The monoisotopic (exact) mass is 547 g/mol. The lowest BCUT2D eigenvalue weighted by atomic mass is 10.1. The molecule has 186 valence electrons. The molecular formula is C25H29Cl4NO4. The molecule has 0 bridgehead atoms. The van der Waals surface area contributed by atoms with E-state index in [9.17, 15) is 0 Å². The average molecular weight is 549 g/mol. The Bertz CT molecular complexity index is 958. The fourth-order valence-corrected chi connectivity index (χ4v) is 3.28. The maximum atomic E-state index is 6.28. The molecule has 0 aliphatic rings. The Kier molecular flexibility index (Phi) is 11.7. The zero-order chi connectivity index (χ0) is 25.1. The summed E-state index contributed by atoms with van der Waals surface area (Å²) in [6.45, 7) is 9.01. The first-order valence-electron chi connectivity index (χ1n) is 10.8. The smallest absolute Gasteiger partial charge is 0.156 e. The number of ether oxygens (including phenoxy) is 3. The lowest BCUT2D eigenvalue weighted by Gasteiger charge is -2.16. The molecule has 0 heterocycles. The van der Waals surface area contributed by atoms with Crippen molar-refractivity contribution in [3.05, 3.63) is 62.6 Å². The second kappa shape index (κ2) is 13.9. The van der Waals surface area contributed by atoms with Crippen LogP contribution in [0.1, 0.15) is 46.1 Å². The Hall–Kier alpha value is -1.79. The van der Waals surface area contributed by atoms with E-state index in [0.717, 1.165) is 29.9 Å². The van der Waals surface area contributed by atoms with Crippen molar-refractivity contribution in [2.24, 2.45) is 5.16 Å². The number of rotatable bonds is 12. The van der Waals surface area contributed by atoms with Gasteiger partial charge in [-0.25, -0.2) is 0 Å². The van der Waals surface area contributed by atoms with E-state index in [-0.39, 0.29) is 16.7 Å². The molecule has 2 aromatic rings. The third-order valence-electron chi connectivity index (χ3n) is 4.24. The van der Waals surface area contributed by atoms with Crippen LogP contribution in [0.3, 0.4) is 0 Å². The average Bonchev–Trinajstić information content (AvgIpc) is 2.75. The van der Waals surface area contributed by atoms with Crippen LogP contribution in [0.25, 0.3) is 0 Å². The highest BCUT2D eigenvalue weighted by Gasteiger charge is 2.12. The van der Waals surface area contributed by atoms with Crippen LogP contribution in [-0.4, -0.2) is 31.1 Å². The number of nitrogens with zero attached hydrogens (tertiary/aromatic N) is 1. The van der Waals surface area contributed by atoms with E-state index in [0.29, 0.717) is 34.8 Å². The van der Waals surface area contributed by atoms with E-state index >= 15 is 0 Å². The van der Waals surface area contributed by atoms with E-state index in [1.54, 1.807) is 12.1 Å². The fourth-order valence-electron chi connectivity index (χ4n) is 2.58. The molecule has 2 rings (SSSR count). The van der Waals surface area contributed by atoms with E-state index in [1.165, 1.54) is 6.08 Å². The molecule has 5 nitrogen and oxygen atoms in total. The maximum absolute atomic E-state index is 6.28. The summed E-state index contributed by atoms with van der Waals surface area (Å²) >= 11 is 23.7. The van der Waals surface area contributed by atoms with Gasteiger partial charge in [-0.05, 0) is 76.4 Å². The lowest BCUT2D eigenvalue weighted by Crippen LogP contribution is -2.16. The van der Waals surface area contributed by atoms with Crippen molar-refractivity contribution in [2.45, 2.75) is 46.1 Å². The summed E-state index contributed by atoms with van der Waals surface area (Å²) < 4.78 is 17.2. The van der Waals surface area contributed by atoms with Crippen molar-refractivity contribution in [1.82, 2.24) is 0 Å². The number of oxime groups is 1. The van der Waals surface area contributed by atoms with Crippen molar-refractivity contribution < 1.29 is 19.0 Å². The van der Waals surface area contributed by atoms with Gasteiger partial charge in [-0.3, -0.25) is 0 Å². The highest BCUT2D eigenvalue weighted by Crippen LogP contribution is 2.37. The van der Waals surface area contributed by atoms with Gasteiger partial charge in [0.1, 0.15) is 28.2 Å². The molecule has 0 aliphatic heterocycles. The summed E-state index contributed by atoms with van der Waals surface area (Å²) in [5.74, 6) is 1.71. The molecule has 9 heteroatoms. The van der Waals surface area contributed by atoms with Gasteiger partial charge in [0, 0.05) is 12.1 Å². The van der Waals surface area contributed by atoms with E-state index < -0.39 is 0 Å². The first kappa shape index (κ1) is 28.4. The standard InChI is InChI=1S/C25H29Cl4NO4/c1-17(30-34-25(2,3)4)18-7-9-19(10-8-18)31-12-5-6-13-33-24-21(26)15-20(16-22(24)27)32-14-11-23(28)29/h7-11,15-16H,5-6,12-14H2,1-4H3. The number of unbranched alkanes of at least 4 members (excludes halogenated alkanes) is 1. The van der Waals surface area contributed by atoms with Crippen LogP contribution < -0.4 is 14.2 Å². The third-order valence-corrected chi connectivity index (χ3v) is 5.11. The van der Waals surface area contributed by atoms with Crippen LogP contribution >= 0.6 is 46.4 Å². The van der Waals surface area contributed by atoms with Gasteiger partial charge in [0.25, 0.3) is 0 Å². The van der Waals surface area contributed by atoms with Crippen molar-refractivity contribution in [2.75, 3.05) is 19.8 Å². The van der Waals surface area contributed by atoms with Crippen molar-refractivity contribution in [1.29, 1.82) is 0 Å². The Morgan fingerprint density at radius 1 is 0.882 bits per heavy atom. The van der Waals surface area contributed by atoms with Crippen LogP contribution in [0.4, 0.5) is 0 Å². The molecule has 0 saturated heterocycles. The van der Waals surface area contributed by atoms with Gasteiger partial charge >= 0.3 is 0 Å². The second-order valence-electron chi connectivity index (χ2n) is 8.33. The van der Waals surface area contributed by atoms with Gasteiger partial charge in [0.05, 0.1) is 29.0 Å². The Morgan fingerprint density at radius 3 is 2.03 bits per heavy atom. The van der Waals surface area contributed by atoms with Crippen LogP contribution in [-0.2, 0) is 4.84 Å². The maximum Gasteiger partial charge on any atom is 0.156 e. The molecule has 2 aromatic carbocycles. The molecule has 0 N–H and O–H groups in total. The first-order valence-corrected chi connectivity index (χ1v) is 12.3. The summed E-state index contributed by atoms with van der Waals surface area (Å²) in [7, 11) is 0. The molecule has 0 aliphatic carbocycles. The van der Waals surface area contributed by atoms with E-state index in [2.05, 4.69) is 5.16 Å². The van der Waals surface area contributed by atoms with Crippen molar-refractivity contribution >= 4 is 52.1 Å². The molecule has 0 aromatic heterocycles. The third kappa shape index (κ3) is 10.6. The van der Waals surface area contributed by atoms with Crippen LogP contribution in [0.2, 0.25) is 10.0 Å². The largest absolute Gasteiger partial charge is 0.494 e. The number of hydrogen-bond acceptors (Lipinski definition) is 5. The van der Waals surface area contributed by atoms with Crippen LogP contribution in [0.5, 0.6) is 17.2 Å². The minimum atomic E-state index is -0.320. The topological polar surface area (TPSA) is 49.3 Å². The van der Waals surface area contributed by atoms with E-state index in [4.69, 9.17) is 65.5 Å². The Morgan fingerprint density at radius 2 is 1.47 bits per heavy atom. The molecule has 0 atom stereocenters. The van der Waals surface area contributed by atoms with Gasteiger partial charge in [-0.2, -0.15) is 0 Å². The summed E-state index contributed by atoms with van der Waals surface area (Å²) in [6.07, 6.45) is 3.10. The lowest BCUT2D eigenvalue weighted by molar-refractivity contribution is 0.000954. The predicted octanol–water partition coefficient (Wildman–Crippen LogP) is 8.47. The summed E-state index contributed by atoms with van der Waals surface area (Å²) in [5, 5.41) is 4.91. The number of hydrogen-bond donors (Lipinski definition) is 0. The predicted molar refractivity (Wildman–Crippen MR) is 141 cm³/mol. The van der Waals surface area contributed by atoms with Gasteiger partial charge in [0.2, 0.25) is 0 Å². The fraction of sp³-hybridized carbons (Fsp3) is 0.400. The Labute approximate surface area is 221 Å². The molecule has 0 saturated carbocycles. The van der Waals surface area contributed by atoms with Gasteiger partial charge in [0.15, 0.2) is 5.75 Å². The van der Waals surface area contributed by atoms with Crippen LogP contribution in [0.15, 0.2) is 52.1 Å². The number of halogens is 4. The van der Waals surface area contributed by atoms with Gasteiger partial charge in [-0.15, -0.1) is 0 Å². The summed E-state index contributed by atoms with van der Waals surface area (Å²) in [4.78, 5) is 5.47. The van der Waals surface area contributed by atoms with Gasteiger partial charge in [-0.1, -0.05) is 51.6 Å². The molecule has 0 amide bonds. The van der Waals surface area contributed by atoms with Crippen molar-refractivity contribution in [3.63, 3.8) is 0 Å². The normalized spacial score (nSPS) is 11.7. The zero-order valence-corrected chi connectivity index (χ0v) is 22.7. The highest BCUT2D eigenvalue weighted by molar-refractivity contribution is 6.55. The summed E-state index contributed by atoms with van der Waals surface area (Å²) in [6, 6.07) is 11.0. The van der Waals surface area contributed by atoms with Crippen LogP contribution in [0, 0.1) is 0 Å². The quantitative estimate of drug-likeness (QED) is 0.151. The summed E-state index contributed by atoms with van der Waals surface area (Å²) in [5.41, 5.74) is 1.47. The first-order chi connectivity index (χ1) is 16.0. The SMILES string of the molecule is CC(=NOC(C)(C)C)c1ccc(OCCCCOc2c(Cl)cc(OCC=C(Cl)Cl)cc2Cl)cc1. The second-order valence-corrected chi connectivity index (χ2v) is 10.2.